The molecule has 0 saturated carbocycles. The third-order valence-electron chi connectivity index (χ3n) is 4.13. The fourth-order valence-corrected chi connectivity index (χ4v) is 3.08. The van der Waals surface area contributed by atoms with Crippen molar-refractivity contribution in [3.63, 3.8) is 0 Å². The number of imidazole rings is 1. The lowest BCUT2D eigenvalue weighted by molar-refractivity contribution is -0.120. The van der Waals surface area contributed by atoms with Crippen LogP contribution in [0.3, 0.4) is 0 Å². The van der Waals surface area contributed by atoms with Crippen LogP contribution in [0.5, 0.6) is 0 Å². The van der Waals surface area contributed by atoms with Gasteiger partial charge in [-0.25, -0.2) is 4.98 Å². The predicted molar refractivity (Wildman–Crippen MR) is 102 cm³/mol. The standard InChI is InChI=1S/C20H22ClN3O/c1-2-13-24-18-6-4-3-5-17(18)23-19(24)11-12-22-20(25)14-15-7-9-16(21)10-8-15/h3-10H,2,11-14H2,1H3,(H,22,25). The molecule has 1 N–H and O–H groups in total. The molecule has 0 radical (unpaired) electrons. The van der Waals surface area contributed by atoms with E-state index in [1.807, 2.05) is 30.3 Å². The number of fused-ring (bicyclic) bond motifs is 1. The monoisotopic (exact) mass is 355 g/mol. The number of carbonyl (C=O) groups excluding carboxylic acids is 1. The number of nitrogens with zero attached hydrogens (tertiary/aromatic N) is 2. The third-order valence-corrected chi connectivity index (χ3v) is 4.38. The maximum absolute atomic E-state index is 12.1. The van der Waals surface area contributed by atoms with Gasteiger partial charge in [-0.1, -0.05) is 42.8 Å². The van der Waals surface area contributed by atoms with Crippen molar-refractivity contribution in [2.24, 2.45) is 0 Å². The summed E-state index contributed by atoms with van der Waals surface area (Å²) in [6, 6.07) is 15.5. The fourth-order valence-electron chi connectivity index (χ4n) is 2.95. The maximum atomic E-state index is 12.1. The molecule has 0 aliphatic carbocycles. The van der Waals surface area contributed by atoms with Gasteiger partial charge in [-0.3, -0.25) is 4.79 Å². The highest BCUT2D eigenvalue weighted by Gasteiger charge is 2.10. The molecule has 1 amide bonds. The van der Waals surface area contributed by atoms with E-state index in [9.17, 15) is 4.79 Å². The first kappa shape index (κ1) is 17.5. The number of nitrogens with one attached hydrogen (secondary N) is 1. The molecule has 130 valence electrons. The topological polar surface area (TPSA) is 46.9 Å². The molecule has 0 unspecified atom stereocenters. The molecule has 0 fully saturated rings. The smallest absolute Gasteiger partial charge is 0.224 e. The molecule has 2 aromatic carbocycles. The second-order valence-electron chi connectivity index (χ2n) is 6.07. The van der Waals surface area contributed by atoms with E-state index < -0.39 is 0 Å². The number of hydrogen-bond donors (Lipinski definition) is 1. The number of aryl methyl sites for hydroxylation is 1. The van der Waals surface area contributed by atoms with Gasteiger partial charge >= 0.3 is 0 Å². The molecule has 4 nitrogen and oxygen atoms in total. The minimum atomic E-state index is 0.0143. The van der Waals surface area contributed by atoms with E-state index in [4.69, 9.17) is 16.6 Å². The first-order valence-electron chi connectivity index (χ1n) is 8.62. The molecule has 0 atom stereocenters. The summed E-state index contributed by atoms with van der Waals surface area (Å²) in [6.07, 6.45) is 2.14. The highest BCUT2D eigenvalue weighted by Crippen LogP contribution is 2.17. The van der Waals surface area contributed by atoms with Gasteiger partial charge < -0.3 is 9.88 Å². The van der Waals surface area contributed by atoms with Crippen molar-refractivity contribution in [3.05, 3.63) is 64.9 Å². The summed E-state index contributed by atoms with van der Waals surface area (Å²) in [5.74, 6) is 1.04. The minimum Gasteiger partial charge on any atom is -0.355 e. The largest absolute Gasteiger partial charge is 0.355 e. The average Bonchev–Trinajstić information content (AvgIpc) is 2.95. The van der Waals surface area contributed by atoms with E-state index in [2.05, 4.69) is 22.9 Å². The lowest BCUT2D eigenvalue weighted by Gasteiger charge is -2.09. The quantitative estimate of drug-likeness (QED) is 0.696. The lowest BCUT2D eigenvalue weighted by atomic mass is 10.1. The van der Waals surface area contributed by atoms with Crippen LogP contribution in [0, 0.1) is 0 Å². The Kier molecular flexibility index (Phi) is 5.71. The first-order chi connectivity index (χ1) is 12.2. The van der Waals surface area contributed by atoms with Crippen molar-refractivity contribution in [1.29, 1.82) is 0 Å². The Bertz CT molecular complexity index is 855. The van der Waals surface area contributed by atoms with Crippen molar-refractivity contribution in [2.45, 2.75) is 32.7 Å². The number of aromatic nitrogens is 2. The van der Waals surface area contributed by atoms with Gasteiger partial charge in [-0.2, -0.15) is 0 Å². The zero-order chi connectivity index (χ0) is 17.6. The molecule has 1 aromatic heterocycles. The number of rotatable bonds is 7. The summed E-state index contributed by atoms with van der Waals surface area (Å²) in [7, 11) is 0. The zero-order valence-corrected chi connectivity index (χ0v) is 15.1. The third kappa shape index (κ3) is 4.40. The Morgan fingerprint density at radius 2 is 1.92 bits per heavy atom. The molecular formula is C20H22ClN3O. The lowest BCUT2D eigenvalue weighted by Crippen LogP contribution is -2.28. The van der Waals surface area contributed by atoms with Gasteiger partial charge in [0, 0.05) is 24.5 Å². The van der Waals surface area contributed by atoms with Gasteiger partial charge in [0.2, 0.25) is 5.91 Å². The first-order valence-corrected chi connectivity index (χ1v) is 9.00. The highest BCUT2D eigenvalue weighted by atomic mass is 35.5. The molecule has 1 heterocycles. The van der Waals surface area contributed by atoms with Crippen LogP contribution in [0.25, 0.3) is 11.0 Å². The van der Waals surface area contributed by atoms with E-state index >= 15 is 0 Å². The van der Waals surface area contributed by atoms with Crippen LogP contribution >= 0.6 is 11.6 Å². The molecule has 0 aliphatic rings. The summed E-state index contributed by atoms with van der Waals surface area (Å²) in [5, 5.41) is 3.66. The fraction of sp³-hybridized carbons (Fsp3) is 0.300. The molecule has 5 heteroatoms. The predicted octanol–water partition coefficient (Wildman–Crippen LogP) is 4.00. The molecule has 3 aromatic rings. The molecule has 25 heavy (non-hydrogen) atoms. The zero-order valence-electron chi connectivity index (χ0n) is 14.3. The summed E-state index contributed by atoms with van der Waals surface area (Å²) in [6.45, 7) is 3.68. The highest BCUT2D eigenvalue weighted by molar-refractivity contribution is 6.30. The van der Waals surface area contributed by atoms with E-state index in [1.54, 1.807) is 12.1 Å². The summed E-state index contributed by atoms with van der Waals surface area (Å²) < 4.78 is 2.25. The number of hydrogen-bond acceptors (Lipinski definition) is 2. The summed E-state index contributed by atoms with van der Waals surface area (Å²) in [5.41, 5.74) is 3.13. The van der Waals surface area contributed by atoms with Gasteiger partial charge in [0.05, 0.1) is 17.5 Å². The summed E-state index contributed by atoms with van der Waals surface area (Å²) >= 11 is 5.86. The molecule has 0 aliphatic heterocycles. The SMILES string of the molecule is CCCn1c(CCNC(=O)Cc2ccc(Cl)cc2)nc2ccccc21. The van der Waals surface area contributed by atoms with E-state index in [0.717, 1.165) is 41.8 Å². The Hall–Kier alpha value is -2.33. The summed E-state index contributed by atoms with van der Waals surface area (Å²) in [4.78, 5) is 16.8. The second-order valence-corrected chi connectivity index (χ2v) is 6.51. The van der Waals surface area contributed by atoms with Crippen LogP contribution in [0.4, 0.5) is 0 Å². The van der Waals surface area contributed by atoms with Crippen LogP contribution in [0.1, 0.15) is 24.7 Å². The molecule has 3 rings (SSSR count). The van der Waals surface area contributed by atoms with E-state index in [1.165, 1.54) is 0 Å². The molecule has 0 saturated heterocycles. The van der Waals surface area contributed by atoms with Crippen LogP contribution in [-0.4, -0.2) is 22.0 Å². The van der Waals surface area contributed by atoms with Crippen molar-refractivity contribution in [1.82, 2.24) is 14.9 Å². The Balaban J connectivity index is 1.59. The van der Waals surface area contributed by atoms with Crippen LogP contribution in [-0.2, 0) is 24.2 Å². The van der Waals surface area contributed by atoms with Crippen molar-refractivity contribution < 1.29 is 4.79 Å². The van der Waals surface area contributed by atoms with Gasteiger partial charge in [0.25, 0.3) is 0 Å². The van der Waals surface area contributed by atoms with Gasteiger partial charge in [0.1, 0.15) is 5.82 Å². The van der Waals surface area contributed by atoms with E-state index in [-0.39, 0.29) is 5.91 Å². The van der Waals surface area contributed by atoms with Crippen LogP contribution in [0.15, 0.2) is 48.5 Å². The van der Waals surface area contributed by atoms with Gasteiger partial charge in [-0.15, -0.1) is 0 Å². The normalized spacial score (nSPS) is 11.0. The molecule has 0 spiro atoms. The Morgan fingerprint density at radius 1 is 1.16 bits per heavy atom. The van der Waals surface area contributed by atoms with Crippen LogP contribution < -0.4 is 5.32 Å². The number of halogens is 1. The average molecular weight is 356 g/mol. The van der Waals surface area contributed by atoms with Gasteiger partial charge in [0.15, 0.2) is 0 Å². The second kappa shape index (κ2) is 8.17. The van der Waals surface area contributed by atoms with Crippen molar-refractivity contribution >= 4 is 28.5 Å². The van der Waals surface area contributed by atoms with Crippen molar-refractivity contribution in [3.8, 4) is 0 Å². The maximum Gasteiger partial charge on any atom is 0.224 e. The van der Waals surface area contributed by atoms with Crippen molar-refractivity contribution in [2.75, 3.05) is 6.54 Å². The number of amides is 1. The molecule has 0 bridgehead atoms. The number of benzene rings is 2. The minimum absolute atomic E-state index is 0.0143. The Labute approximate surface area is 152 Å². The number of carbonyl (C=O) groups is 1. The van der Waals surface area contributed by atoms with E-state index in [0.29, 0.717) is 18.0 Å². The Morgan fingerprint density at radius 3 is 2.68 bits per heavy atom. The molecular weight excluding hydrogens is 334 g/mol. The van der Waals surface area contributed by atoms with Crippen LogP contribution in [0.2, 0.25) is 5.02 Å². The van der Waals surface area contributed by atoms with Gasteiger partial charge in [-0.05, 0) is 36.2 Å². The number of para-hydroxylation sites is 2.